The highest BCUT2D eigenvalue weighted by atomic mass is 79.9. The summed E-state index contributed by atoms with van der Waals surface area (Å²) in [6, 6.07) is 12.6. The van der Waals surface area contributed by atoms with Crippen LogP contribution in [0.5, 0.6) is 11.5 Å². The van der Waals surface area contributed by atoms with Crippen LogP contribution in [0.25, 0.3) is 11.0 Å². The molecule has 162 valence electrons. The van der Waals surface area contributed by atoms with E-state index in [-0.39, 0.29) is 17.6 Å². The molecule has 1 aliphatic rings. The largest absolute Gasteiger partial charge is 0.497 e. The third kappa shape index (κ3) is 4.91. The van der Waals surface area contributed by atoms with Crippen LogP contribution in [0.15, 0.2) is 56.3 Å². The molecule has 1 atom stereocenters. The van der Waals surface area contributed by atoms with Crippen molar-refractivity contribution in [1.82, 2.24) is 5.32 Å². The molecule has 8 heteroatoms. The number of ether oxygens (including phenoxy) is 3. The van der Waals surface area contributed by atoms with Gasteiger partial charge in [-0.05, 0) is 49.2 Å². The minimum absolute atomic E-state index is 0.0394. The van der Waals surface area contributed by atoms with Gasteiger partial charge in [-0.25, -0.2) is 4.99 Å². The van der Waals surface area contributed by atoms with Gasteiger partial charge in [0.2, 0.25) is 5.55 Å². The second kappa shape index (κ2) is 9.53. The van der Waals surface area contributed by atoms with E-state index in [1.807, 2.05) is 18.2 Å². The molecule has 1 N–H and O–H groups in total. The van der Waals surface area contributed by atoms with E-state index in [2.05, 4.69) is 26.2 Å². The van der Waals surface area contributed by atoms with Gasteiger partial charge in [-0.2, -0.15) is 0 Å². The predicted molar refractivity (Wildman–Crippen MR) is 120 cm³/mol. The van der Waals surface area contributed by atoms with Crippen LogP contribution in [0, 0.1) is 0 Å². The van der Waals surface area contributed by atoms with Gasteiger partial charge in [-0.1, -0.05) is 15.9 Å². The quantitative estimate of drug-likeness (QED) is 0.559. The van der Waals surface area contributed by atoms with Crippen LogP contribution >= 0.6 is 15.9 Å². The number of nitrogens with zero attached hydrogens (tertiary/aromatic N) is 1. The van der Waals surface area contributed by atoms with Crippen LogP contribution in [-0.2, 0) is 4.74 Å². The molecule has 1 saturated heterocycles. The SMILES string of the molecule is COc1ccc(N=c2oc3ccc(Br)cc3cc2C(=O)NC[C@H]2CCCO2)c(OC)c1. The number of nitrogens with one attached hydrogen (secondary N) is 1. The van der Waals surface area contributed by atoms with Crippen LogP contribution in [-0.4, -0.2) is 39.4 Å². The number of benzene rings is 2. The molecule has 4 rings (SSSR count). The first-order valence-electron chi connectivity index (χ1n) is 9.97. The number of hydrogen-bond donors (Lipinski definition) is 1. The molecule has 0 aliphatic carbocycles. The molecular formula is C23H23BrN2O5. The lowest BCUT2D eigenvalue weighted by molar-refractivity contribution is 0.0854. The zero-order valence-corrected chi connectivity index (χ0v) is 18.9. The first-order valence-corrected chi connectivity index (χ1v) is 10.8. The van der Waals surface area contributed by atoms with Crippen LogP contribution in [0.3, 0.4) is 0 Å². The van der Waals surface area contributed by atoms with Crippen molar-refractivity contribution in [3.63, 3.8) is 0 Å². The number of carbonyl (C=O) groups is 1. The summed E-state index contributed by atoms with van der Waals surface area (Å²) in [6.45, 7) is 1.18. The van der Waals surface area contributed by atoms with Gasteiger partial charge in [0.25, 0.3) is 5.91 Å². The molecule has 0 radical (unpaired) electrons. The Hall–Kier alpha value is -2.84. The Kier molecular flexibility index (Phi) is 6.58. The molecular weight excluding hydrogens is 464 g/mol. The third-order valence-corrected chi connectivity index (χ3v) is 5.57. The maximum atomic E-state index is 13.0. The number of fused-ring (bicyclic) bond motifs is 1. The molecule has 7 nitrogen and oxygen atoms in total. The average molecular weight is 487 g/mol. The van der Waals surface area contributed by atoms with Crippen LogP contribution in [0.4, 0.5) is 5.69 Å². The van der Waals surface area contributed by atoms with E-state index in [0.717, 1.165) is 29.3 Å². The topological polar surface area (TPSA) is 82.3 Å². The molecule has 0 unspecified atom stereocenters. The van der Waals surface area contributed by atoms with Gasteiger partial charge in [0.15, 0.2) is 0 Å². The lowest BCUT2D eigenvalue weighted by Gasteiger charge is -2.11. The molecule has 31 heavy (non-hydrogen) atoms. The van der Waals surface area contributed by atoms with Crippen molar-refractivity contribution in [2.75, 3.05) is 27.4 Å². The van der Waals surface area contributed by atoms with E-state index in [1.54, 1.807) is 38.5 Å². The van der Waals surface area contributed by atoms with E-state index in [9.17, 15) is 4.79 Å². The molecule has 0 spiro atoms. The number of carbonyl (C=O) groups excluding carboxylic acids is 1. The minimum Gasteiger partial charge on any atom is -0.497 e. The fraction of sp³-hybridized carbons (Fsp3) is 0.304. The Labute approximate surface area is 188 Å². The lowest BCUT2D eigenvalue weighted by Crippen LogP contribution is -2.34. The highest BCUT2D eigenvalue weighted by Crippen LogP contribution is 2.31. The summed E-state index contributed by atoms with van der Waals surface area (Å²) in [5, 5.41) is 3.74. The summed E-state index contributed by atoms with van der Waals surface area (Å²) < 4.78 is 23.2. The summed E-state index contributed by atoms with van der Waals surface area (Å²) in [4.78, 5) is 17.7. The van der Waals surface area contributed by atoms with Gasteiger partial charge >= 0.3 is 0 Å². The molecule has 2 aromatic carbocycles. The smallest absolute Gasteiger partial charge is 0.256 e. The van der Waals surface area contributed by atoms with Crippen molar-refractivity contribution in [3.05, 3.63) is 58.1 Å². The molecule has 1 aliphatic heterocycles. The third-order valence-electron chi connectivity index (χ3n) is 5.08. The first-order chi connectivity index (χ1) is 15.1. The van der Waals surface area contributed by atoms with Gasteiger partial charge in [0.1, 0.15) is 28.3 Å². The Morgan fingerprint density at radius 3 is 2.81 bits per heavy atom. The van der Waals surface area contributed by atoms with Crippen molar-refractivity contribution in [2.45, 2.75) is 18.9 Å². The lowest BCUT2D eigenvalue weighted by atomic mass is 10.1. The van der Waals surface area contributed by atoms with Crippen molar-refractivity contribution < 1.29 is 23.4 Å². The van der Waals surface area contributed by atoms with Crippen molar-refractivity contribution in [2.24, 2.45) is 4.99 Å². The first kappa shape index (κ1) is 21.4. The summed E-state index contributed by atoms with van der Waals surface area (Å²) in [5.41, 5.74) is 1.67. The van der Waals surface area contributed by atoms with E-state index in [4.69, 9.17) is 18.6 Å². The zero-order chi connectivity index (χ0) is 21.8. The summed E-state index contributed by atoms with van der Waals surface area (Å²) in [7, 11) is 3.14. The standard InChI is InChI=1S/C23H23BrN2O5/c1-28-16-6-7-19(21(12-16)29-2)26-23-18(22(27)25-13-17-4-3-9-30-17)11-14-10-15(24)5-8-20(14)31-23/h5-8,10-12,17H,3-4,9,13H2,1-2H3,(H,25,27)/t17-/m1/s1. The zero-order valence-electron chi connectivity index (χ0n) is 17.3. The van der Waals surface area contributed by atoms with Crippen molar-refractivity contribution in [3.8, 4) is 11.5 Å². The minimum atomic E-state index is -0.271. The highest BCUT2D eigenvalue weighted by Gasteiger charge is 2.19. The van der Waals surface area contributed by atoms with Gasteiger partial charge in [-0.15, -0.1) is 0 Å². The Morgan fingerprint density at radius 1 is 1.19 bits per heavy atom. The fourth-order valence-corrected chi connectivity index (χ4v) is 3.82. The number of methoxy groups -OCH3 is 2. The van der Waals surface area contributed by atoms with Crippen molar-refractivity contribution in [1.29, 1.82) is 0 Å². The average Bonchev–Trinajstić information content (AvgIpc) is 3.31. The molecule has 0 bridgehead atoms. The second-order valence-electron chi connectivity index (χ2n) is 7.14. The fourth-order valence-electron chi connectivity index (χ4n) is 3.44. The van der Waals surface area contributed by atoms with Crippen molar-refractivity contribution >= 4 is 38.5 Å². The summed E-state index contributed by atoms with van der Waals surface area (Å²) in [6.07, 6.45) is 1.99. The number of rotatable bonds is 6. The maximum absolute atomic E-state index is 13.0. The Bertz CT molecular complexity index is 1170. The van der Waals surface area contributed by atoms with E-state index in [1.165, 1.54) is 0 Å². The second-order valence-corrected chi connectivity index (χ2v) is 8.06. The van der Waals surface area contributed by atoms with Crippen LogP contribution < -0.4 is 20.3 Å². The normalized spacial score (nSPS) is 16.5. The van der Waals surface area contributed by atoms with Gasteiger partial charge < -0.3 is 23.9 Å². The Balaban J connectivity index is 1.78. The number of amides is 1. The van der Waals surface area contributed by atoms with Gasteiger partial charge in [-0.3, -0.25) is 4.79 Å². The monoisotopic (exact) mass is 486 g/mol. The summed E-state index contributed by atoms with van der Waals surface area (Å²) >= 11 is 3.46. The summed E-state index contributed by atoms with van der Waals surface area (Å²) in [5.74, 6) is 0.883. The molecule has 3 aromatic rings. The molecule has 2 heterocycles. The van der Waals surface area contributed by atoms with Crippen LogP contribution in [0.1, 0.15) is 23.2 Å². The predicted octanol–water partition coefficient (Wildman–Crippen LogP) is 4.35. The molecule has 1 amide bonds. The molecule has 1 aromatic heterocycles. The van der Waals surface area contributed by atoms with Gasteiger partial charge in [0, 0.05) is 29.1 Å². The van der Waals surface area contributed by atoms with E-state index < -0.39 is 0 Å². The number of hydrogen-bond acceptors (Lipinski definition) is 6. The van der Waals surface area contributed by atoms with Gasteiger partial charge in [0.05, 0.1) is 20.3 Å². The number of halogens is 1. The molecule has 1 fully saturated rings. The van der Waals surface area contributed by atoms with E-state index >= 15 is 0 Å². The highest BCUT2D eigenvalue weighted by molar-refractivity contribution is 9.10. The maximum Gasteiger partial charge on any atom is 0.256 e. The molecule has 0 saturated carbocycles. The van der Waals surface area contributed by atoms with E-state index in [0.29, 0.717) is 34.9 Å². The van der Waals surface area contributed by atoms with Crippen LogP contribution in [0.2, 0.25) is 0 Å². The Morgan fingerprint density at radius 2 is 2.06 bits per heavy atom.